The van der Waals surface area contributed by atoms with Crippen molar-refractivity contribution in [3.05, 3.63) is 11.6 Å². The average Bonchev–Trinajstić information content (AvgIpc) is 1.85. The topological polar surface area (TPSA) is 26.0 Å². The third-order valence-electron chi connectivity index (χ3n) is 1.73. The Morgan fingerprint density at radius 1 is 1.36 bits per heavy atom. The number of hydrogen-bond acceptors (Lipinski definition) is 1. The zero-order valence-corrected chi connectivity index (χ0v) is 8.22. The van der Waals surface area contributed by atoms with Gasteiger partial charge in [0.1, 0.15) is 0 Å². The molecule has 0 aliphatic carbocycles. The summed E-state index contributed by atoms with van der Waals surface area (Å²) in [4.78, 5) is 0. The highest BCUT2D eigenvalue weighted by Crippen LogP contribution is 2.13. The molecule has 0 saturated heterocycles. The van der Waals surface area contributed by atoms with Gasteiger partial charge < -0.3 is 5.73 Å². The van der Waals surface area contributed by atoms with Crippen LogP contribution in [0.1, 0.15) is 34.1 Å². The first kappa shape index (κ1) is 10.7. The van der Waals surface area contributed by atoms with Crippen molar-refractivity contribution in [2.45, 2.75) is 34.1 Å². The largest absolute Gasteiger partial charge is 0.327 e. The van der Waals surface area contributed by atoms with Gasteiger partial charge in [0.05, 0.1) is 0 Å². The lowest BCUT2D eigenvalue weighted by Gasteiger charge is -2.10. The third kappa shape index (κ3) is 6.11. The van der Waals surface area contributed by atoms with Crippen LogP contribution in [0.15, 0.2) is 11.6 Å². The van der Waals surface area contributed by atoms with Gasteiger partial charge in [-0.25, -0.2) is 0 Å². The van der Waals surface area contributed by atoms with Crippen molar-refractivity contribution < 1.29 is 0 Å². The monoisotopic (exact) mass is 155 g/mol. The predicted octanol–water partition coefficient (Wildman–Crippen LogP) is 2.57. The number of rotatable bonds is 4. The minimum Gasteiger partial charge on any atom is -0.327 e. The highest BCUT2D eigenvalue weighted by Gasteiger charge is 2.01. The van der Waals surface area contributed by atoms with Gasteiger partial charge in [0.15, 0.2) is 0 Å². The van der Waals surface area contributed by atoms with E-state index in [-0.39, 0.29) is 0 Å². The minimum atomic E-state index is 0.679. The van der Waals surface area contributed by atoms with E-state index in [1.54, 1.807) is 0 Å². The summed E-state index contributed by atoms with van der Waals surface area (Å²) in [6, 6.07) is 0. The third-order valence-corrected chi connectivity index (χ3v) is 1.73. The van der Waals surface area contributed by atoms with Crippen LogP contribution >= 0.6 is 0 Å². The molecule has 0 aliphatic rings. The molecule has 66 valence electrons. The molecule has 11 heavy (non-hydrogen) atoms. The Balaban J connectivity index is 3.75. The number of allylic oxidation sites excluding steroid dienone is 1. The van der Waals surface area contributed by atoms with E-state index in [9.17, 15) is 0 Å². The van der Waals surface area contributed by atoms with E-state index in [1.807, 2.05) is 0 Å². The van der Waals surface area contributed by atoms with Gasteiger partial charge in [0.2, 0.25) is 0 Å². The predicted molar refractivity (Wildman–Crippen MR) is 51.4 cm³/mol. The van der Waals surface area contributed by atoms with E-state index in [1.165, 1.54) is 12.0 Å². The van der Waals surface area contributed by atoms with Crippen LogP contribution in [0.5, 0.6) is 0 Å². The van der Waals surface area contributed by atoms with Crippen molar-refractivity contribution >= 4 is 0 Å². The lowest BCUT2D eigenvalue weighted by atomic mass is 9.97. The van der Waals surface area contributed by atoms with Gasteiger partial charge in [-0.1, -0.05) is 32.4 Å². The lowest BCUT2D eigenvalue weighted by Crippen LogP contribution is -2.03. The molecule has 0 aromatic carbocycles. The first-order valence-corrected chi connectivity index (χ1v) is 4.43. The maximum absolute atomic E-state index is 5.48. The minimum absolute atomic E-state index is 0.679. The standard InChI is InChI=1S/C10H21N/c1-8(2)5-9(3)6-10(4)7-11/h6,8-9H,5,7,11H2,1-4H3/b10-6-. The fraction of sp³-hybridized carbons (Fsp3) is 0.800. The first-order chi connectivity index (χ1) is 5.06. The molecule has 1 nitrogen and oxygen atoms in total. The molecule has 1 atom stereocenters. The van der Waals surface area contributed by atoms with Gasteiger partial charge in [0.25, 0.3) is 0 Å². The Hall–Kier alpha value is -0.300. The van der Waals surface area contributed by atoms with Crippen molar-refractivity contribution in [3.63, 3.8) is 0 Å². The van der Waals surface area contributed by atoms with Crippen molar-refractivity contribution in [1.82, 2.24) is 0 Å². The highest BCUT2D eigenvalue weighted by molar-refractivity contribution is 5.01. The second kappa shape index (κ2) is 5.36. The van der Waals surface area contributed by atoms with Crippen molar-refractivity contribution in [2.24, 2.45) is 17.6 Å². The van der Waals surface area contributed by atoms with Gasteiger partial charge in [-0.15, -0.1) is 0 Å². The summed E-state index contributed by atoms with van der Waals surface area (Å²) in [5.41, 5.74) is 6.79. The Bertz CT molecular complexity index is 125. The summed E-state index contributed by atoms with van der Waals surface area (Å²) in [5.74, 6) is 1.46. The summed E-state index contributed by atoms with van der Waals surface area (Å²) in [5, 5.41) is 0. The zero-order chi connectivity index (χ0) is 8.85. The van der Waals surface area contributed by atoms with Gasteiger partial charge >= 0.3 is 0 Å². The van der Waals surface area contributed by atoms with Gasteiger partial charge in [0, 0.05) is 6.54 Å². The van der Waals surface area contributed by atoms with E-state index in [0.29, 0.717) is 12.5 Å². The molecule has 0 heterocycles. The Kier molecular flexibility index (Phi) is 5.22. The SMILES string of the molecule is C/C(=C/C(C)CC(C)C)CN. The van der Waals surface area contributed by atoms with Crippen LogP contribution in [0.4, 0.5) is 0 Å². The average molecular weight is 155 g/mol. The first-order valence-electron chi connectivity index (χ1n) is 4.43. The molecule has 0 amide bonds. The quantitative estimate of drug-likeness (QED) is 0.620. The van der Waals surface area contributed by atoms with E-state index >= 15 is 0 Å². The van der Waals surface area contributed by atoms with Crippen LogP contribution in [-0.2, 0) is 0 Å². The Labute approximate surface area is 70.7 Å². The second-order valence-corrected chi connectivity index (χ2v) is 3.82. The van der Waals surface area contributed by atoms with Crippen molar-refractivity contribution in [2.75, 3.05) is 6.54 Å². The molecule has 0 spiro atoms. The normalized spacial score (nSPS) is 15.6. The molecule has 0 aliphatic heterocycles. The van der Waals surface area contributed by atoms with E-state index in [4.69, 9.17) is 5.73 Å². The molecule has 2 N–H and O–H groups in total. The summed E-state index contributed by atoms with van der Waals surface area (Å²) in [6.45, 7) is 9.54. The molecule has 0 aromatic rings. The molecular weight excluding hydrogens is 134 g/mol. The molecule has 1 unspecified atom stereocenters. The number of hydrogen-bond donors (Lipinski definition) is 1. The van der Waals surface area contributed by atoms with Crippen LogP contribution < -0.4 is 5.73 Å². The summed E-state index contributed by atoms with van der Waals surface area (Å²) in [6.07, 6.45) is 3.54. The number of nitrogens with two attached hydrogens (primary N) is 1. The molecule has 1 heteroatoms. The molecular formula is C10H21N. The van der Waals surface area contributed by atoms with Gasteiger partial charge in [-0.3, -0.25) is 0 Å². The van der Waals surface area contributed by atoms with Crippen LogP contribution in [0.2, 0.25) is 0 Å². The Morgan fingerprint density at radius 3 is 2.27 bits per heavy atom. The van der Waals surface area contributed by atoms with Crippen LogP contribution in [0.25, 0.3) is 0 Å². The summed E-state index contributed by atoms with van der Waals surface area (Å²) < 4.78 is 0. The summed E-state index contributed by atoms with van der Waals surface area (Å²) in [7, 11) is 0. The van der Waals surface area contributed by atoms with Crippen LogP contribution in [0.3, 0.4) is 0 Å². The lowest BCUT2D eigenvalue weighted by molar-refractivity contribution is 0.501. The molecule has 0 radical (unpaired) electrons. The van der Waals surface area contributed by atoms with Crippen LogP contribution in [0, 0.1) is 11.8 Å². The van der Waals surface area contributed by atoms with Crippen LogP contribution in [-0.4, -0.2) is 6.54 Å². The van der Waals surface area contributed by atoms with Gasteiger partial charge in [-0.05, 0) is 25.2 Å². The second-order valence-electron chi connectivity index (χ2n) is 3.82. The fourth-order valence-electron chi connectivity index (χ4n) is 1.37. The van der Waals surface area contributed by atoms with E-state index in [2.05, 4.69) is 33.8 Å². The van der Waals surface area contributed by atoms with E-state index < -0.39 is 0 Å². The van der Waals surface area contributed by atoms with Crippen molar-refractivity contribution in [3.8, 4) is 0 Å². The fourth-order valence-corrected chi connectivity index (χ4v) is 1.37. The smallest absolute Gasteiger partial charge is 0.0134 e. The molecule has 0 fully saturated rings. The maximum atomic E-state index is 5.48. The van der Waals surface area contributed by atoms with Crippen molar-refractivity contribution in [1.29, 1.82) is 0 Å². The Morgan fingerprint density at radius 2 is 1.91 bits per heavy atom. The molecule has 0 bridgehead atoms. The molecule has 0 aromatic heterocycles. The molecule has 0 rings (SSSR count). The highest BCUT2D eigenvalue weighted by atomic mass is 14.5. The molecule has 0 saturated carbocycles. The van der Waals surface area contributed by atoms with Gasteiger partial charge in [-0.2, -0.15) is 0 Å². The zero-order valence-electron chi connectivity index (χ0n) is 8.22. The maximum Gasteiger partial charge on any atom is 0.0134 e. The summed E-state index contributed by atoms with van der Waals surface area (Å²) >= 11 is 0. The van der Waals surface area contributed by atoms with E-state index in [0.717, 1.165) is 5.92 Å².